The van der Waals surface area contributed by atoms with Gasteiger partial charge in [-0.15, -0.1) is 0 Å². The molecule has 0 unspecified atom stereocenters. The highest BCUT2D eigenvalue weighted by Crippen LogP contribution is 2.34. The highest BCUT2D eigenvalue weighted by Gasteiger charge is 2.18. The molecule has 1 aromatic rings. The number of carbonyl (C=O) groups is 1. The Morgan fingerprint density at radius 1 is 1.15 bits per heavy atom. The Morgan fingerprint density at radius 3 is 2.25 bits per heavy atom. The molecule has 0 radical (unpaired) electrons. The second-order valence-electron chi connectivity index (χ2n) is 6.05. The van der Waals surface area contributed by atoms with E-state index in [4.69, 9.17) is 4.74 Å². The van der Waals surface area contributed by atoms with E-state index in [0.29, 0.717) is 18.4 Å². The lowest BCUT2D eigenvalue weighted by molar-refractivity contribution is 0.101. The van der Waals surface area contributed by atoms with Gasteiger partial charge >= 0.3 is 0 Å². The van der Waals surface area contributed by atoms with E-state index in [1.165, 1.54) is 5.56 Å². The lowest BCUT2D eigenvalue weighted by atomic mass is 9.91. The molecule has 1 rings (SSSR count). The highest BCUT2D eigenvalue weighted by molar-refractivity contribution is 5.97. The second kappa shape index (κ2) is 7.47. The molecule has 0 bridgehead atoms. The summed E-state index contributed by atoms with van der Waals surface area (Å²) in [7, 11) is 0. The van der Waals surface area contributed by atoms with Crippen LogP contribution < -0.4 is 4.74 Å². The normalized spacial score (nSPS) is 11.2. The number of hydrogen-bond donors (Lipinski definition) is 0. The van der Waals surface area contributed by atoms with Gasteiger partial charge in [0, 0.05) is 0 Å². The van der Waals surface area contributed by atoms with Crippen LogP contribution in [0.1, 0.15) is 87.7 Å². The van der Waals surface area contributed by atoms with Crippen LogP contribution in [0.4, 0.5) is 0 Å². The van der Waals surface area contributed by atoms with Crippen molar-refractivity contribution >= 4 is 5.78 Å². The molecule has 0 fully saturated rings. The van der Waals surface area contributed by atoms with Crippen LogP contribution in [0.15, 0.2) is 12.1 Å². The zero-order chi connectivity index (χ0) is 15.3. The van der Waals surface area contributed by atoms with E-state index < -0.39 is 0 Å². The minimum absolute atomic E-state index is 0.0842. The molecule has 0 aliphatic rings. The minimum Gasteiger partial charge on any atom is -0.493 e. The van der Waals surface area contributed by atoms with Crippen LogP contribution >= 0.6 is 0 Å². The number of Topliss-reactive ketones (excluding diaryl/α,β-unsaturated/α-hetero) is 1. The molecular weight excluding hydrogens is 248 g/mol. The number of ketones is 1. The molecule has 0 spiro atoms. The van der Waals surface area contributed by atoms with Crippen LogP contribution in [0.2, 0.25) is 0 Å². The average Bonchev–Trinajstić information content (AvgIpc) is 2.37. The van der Waals surface area contributed by atoms with E-state index in [9.17, 15) is 4.79 Å². The highest BCUT2D eigenvalue weighted by atomic mass is 16.5. The van der Waals surface area contributed by atoms with Crippen molar-refractivity contribution in [1.29, 1.82) is 0 Å². The summed E-state index contributed by atoms with van der Waals surface area (Å²) in [6.07, 6.45) is 2.11. The van der Waals surface area contributed by atoms with E-state index in [2.05, 4.69) is 40.7 Å². The van der Waals surface area contributed by atoms with Gasteiger partial charge < -0.3 is 4.74 Å². The Bertz CT molecular complexity index is 459. The minimum atomic E-state index is 0.0842. The lowest BCUT2D eigenvalue weighted by Gasteiger charge is -2.20. The summed E-state index contributed by atoms with van der Waals surface area (Å²) in [4.78, 5) is 12.0. The first-order valence-electron chi connectivity index (χ1n) is 7.70. The van der Waals surface area contributed by atoms with Crippen molar-refractivity contribution in [1.82, 2.24) is 0 Å². The summed E-state index contributed by atoms with van der Waals surface area (Å²) in [5.74, 6) is 1.64. The summed E-state index contributed by atoms with van der Waals surface area (Å²) in [6, 6.07) is 4.20. The van der Waals surface area contributed by atoms with Crippen molar-refractivity contribution in [2.75, 3.05) is 6.61 Å². The van der Waals surface area contributed by atoms with Crippen molar-refractivity contribution in [3.63, 3.8) is 0 Å². The topological polar surface area (TPSA) is 26.3 Å². The van der Waals surface area contributed by atoms with Crippen LogP contribution in [0, 0.1) is 0 Å². The molecule has 0 aliphatic carbocycles. The first-order chi connectivity index (χ1) is 9.38. The molecule has 2 nitrogen and oxygen atoms in total. The van der Waals surface area contributed by atoms with E-state index in [0.717, 1.165) is 29.7 Å². The smallest absolute Gasteiger partial charge is 0.163 e. The summed E-state index contributed by atoms with van der Waals surface area (Å²) >= 11 is 0. The van der Waals surface area contributed by atoms with E-state index in [1.807, 2.05) is 6.07 Å². The van der Waals surface area contributed by atoms with Crippen molar-refractivity contribution in [3.8, 4) is 5.75 Å². The van der Waals surface area contributed by atoms with Crippen LogP contribution in [0.3, 0.4) is 0 Å². The van der Waals surface area contributed by atoms with Gasteiger partial charge in [0.2, 0.25) is 0 Å². The predicted octanol–water partition coefficient (Wildman–Crippen LogP) is 5.31. The summed E-state index contributed by atoms with van der Waals surface area (Å²) in [6.45, 7) is 13.0. The van der Waals surface area contributed by atoms with Crippen LogP contribution in [-0.2, 0) is 0 Å². The third-order valence-electron chi connectivity index (χ3n) is 3.55. The fourth-order valence-corrected chi connectivity index (χ4v) is 2.18. The van der Waals surface area contributed by atoms with Gasteiger partial charge in [0.1, 0.15) is 5.75 Å². The van der Waals surface area contributed by atoms with Crippen LogP contribution in [0.5, 0.6) is 5.75 Å². The maximum Gasteiger partial charge on any atom is 0.163 e. The molecule has 1 aromatic carbocycles. The Balaban J connectivity index is 3.31. The lowest BCUT2D eigenvalue weighted by Crippen LogP contribution is -2.08. The van der Waals surface area contributed by atoms with Gasteiger partial charge in [-0.2, -0.15) is 0 Å². The first kappa shape index (κ1) is 16.7. The number of benzene rings is 1. The zero-order valence-corrected chi connectivity index (χ0v) is 13.7. The van der Waals surface area contributed by atoms with Crippen LogP contribution in [-0.4, -0.2) is 12.4 Å². The molecule has 20 heavy (non-hydrogen) atoms. The number of ether oxygens (including phenoxy) is 1. The van der Waals surface area contributed by atoms with Crippen molar-refractivity contribution in [3.05, 3.63) is 28.8 Å². The maximum absolute atomic E-state index is 12.0. The Kier molecular flexibility index (Phi) is 6.25. The summed E-state index contributed by atoms with van der Waals surface area (Å²) in [5.41, 5.74) is 3.09. The molecule has 0 heterocycles. The molecule has 0 amide bonds. The Labute approximate surface area is 123 Å². The summed E-state index contributed by atoms with van der Waals surface area (Å²) < 4.78 is 5.95. The quantitative estimate of drug-likeness (QED) is 0.498. The molecule has 0 saturated carbocycles. The molecular formula is C18H28O2. The molecule has 112 valence electrons. The number of carbonyl (C=O) groups excluding carboxylic acids is 1. The predicted molar refractivity (Wildman–Crippen MR) is 85.0 cm³/mol. The van der Waals surface area contributed by atoms with Gasteiger partial charge in [-0.3, -0.25) is 4.79 Å². The Hall–Kier alpha value is -1.31. The van der Waals surface area contributed by atoms with E-state index in [-0.39, 0.29) is 5.78 Å². The molecule has 0 aromatic heterocycles. The van der Waals surface area contributed by atoms with Crippen LogP contribution in [0.25, 0.3) is 0 Å². The number of rotatable bonds is 7. The van der Waals surface area contributed by atoms with Gasteiger partial charge in [0.15, 0.2) is 5.78 Å². The van der Waals surface area contributed by atoms with Crippen molar-refractivity contribution < 1.29 is 9.53 Å². The Morgan fingerprint density at radius 2 is 1.80 bits per heavy atom. The first-order valence-corrected chi connectivity index (χ1v) is 7.70. The second-order valence-corrected chi connectivity index (χ2v) is 6.05. The molecule has 0 aliphatic heterocycles. The van der Waals surface area contributed by atoms with E-state index in [1.54, 1.807) is 6.92 Å². The van der Waals surface area contributed by atoms with Gasteiger partial charge in [0.25, 0.3) is 0 Å². The molecule has 2 heteroatoms. The SMILES string of the molecule is CCCCOc1c(C(C)=O)cc(C(C)C)cc1C(C)C. The summed E-state index contributed by atoms with van der Waals surface area (Å²) in [5, 5.41) is 0. The standard InChI is InChI=1S/C18H28O2/c1-7-8-9-20-18-16(13(4)5)10-15(12(2)3)11-17(18)14(6)19/h10-13H,7-9H2,1-6H3. The average molecular weight is 276 g/mol. The third-order valence-corrected chi connectivity index (χ3v) is 3.55. The monoisotopic (exact) mass is 276 g/mol. The van der Waals surface area contributed by atoms with Crippen molar-refractivity contribution in [2.24, 2.45) is 0 Å². The van der Waals surface area contributed by atoms with E-state index >= 15 is 0 Å². The van der Waals surface area contributed by atoms with Gasteiger partial charge in [-0.25, -0.2) is 0 Å². The third kappa shape index (κ3) is 4.09. The van der Waals surface area contributed by atoms with Gasteiger partial charge in [-0.05, 0) is 42.4 Å². The van der Waals surface area contributed by atoms with Gasteiger partial charge in [-0.1, -0.05) is 47.1 Å². The molecule has 0 N–H and O–H groups in total. The number of unbranched alkanes of at least 4 members (excludes halogenated alkanes) is 1. The fourth-order valence-electron chi connectivity index (χ4n) is 2.18. The zero-order valence-electron chi connectivity index (χ0n) is 13.7. The van der Waals surface area contributed by atoms with Crippen molar-refractivity contribution in [2.45, 2.75) is 66.2 Å². The fraction of sp³-hybridized carbons (Fsp3) is 0.611. The number of hydrogen-bond acceptors (Lipinski definition) is 2. The van der Waals surface area contributed by atoms with Gasteiger partial charge in [0.05, 0.1) is 12.2 Å². The largest absolute Gasteiger partial charge is 0.493 e. The molecule has 0 atom stereocenters. The maximum atomic E-state index is 12.0. The molecule has 0 saturated heterocycles.